The Morgan fingerprint density at radius 1 is 1.17 bits per heavy atom. The Labute approximate surface area is 110 Å². The third-order valence-electron chi connectivity index (χ3n) is 2.66. The van der Waals surface area contributed by atoms with Gasteiger partial charge in [0.25, 0.3) is 0 Å². The van der Waals surface area contributed by atoms with Crippen LogP contribution >= 0.6 is 11.6 Å². The Balaban J connectivity index is 2.35. The van der Waals surface area contributed by atoms with Gasteiger partial charge < -0.3 is 10.8 Å². The molecular weight excluding hydrogens is 250 g/mol. The van der Waals surface area contributed by atoms with Crippen LogP contribution in [-0.2, 0) is 6.42 Å². The molecular formula is C14H12ClNO2. The first-order valence-electron chi connectivity index (χ1n) is 5.42. The Morgan fingerprint density at radius 3 is 2.44 bits per heavy atom. The van der Waals surface area contributed by atoms with Gasteiger partial charge in [-0.1, -0.05) is 23.7 Å². The lowest BCUT2D eigenvalue weighted by Crippen LogP contribution is -2.13. The molecule has 92 valence electrons. The molecule has 0 saturated carbocycles. The quantitative estimate of drug-likeness (QED) is 0.892. The van der Waals surface area contributed by atoms with Crippen molar-refractivity contribution < 1.29 is 9.90 Å². The molecule has 2 aromatic rings. The highest BCUT2D eigenvalue weighted by Crippen LogP contribution is 2.20. The molecule has 0 atom stereocenters. The fourth-order valence-corrected chi connectivity index (χ4v) is 1.98. The highest BCUT2D eigenvalue weighted by molar-refractivity contribution is 6.30. The molecule has 2 rings (SSSR count). The normalized spacial score (nSPS) is 10.3. The Morgan fingerprint density at radius 2 is 1.83 bits per heavy atom. The Kier molecular flexibility index (Phi) is 3.53. The van der Waals surface area contributed by atoms with Gasteiger partial charge in [-0.3, -0.25) is 4.79 Å². The maximum absolute atomic E-state index is 11.3. The van der Waals surface area contributed by atoms with Gasteiger partial charge in [-0.2, -0.15) is 0 Å². The summed E-state index contributed by atoms with van der Waals surface area (Å²) in [5.74, 6) is -0.264. The minimum Gasteiger partial charge on any atom is -0.508 e. The number of hydrogen-bond acceptors (Lipinski definition) is 2. The Hall–Kier alpha value is -2.00. The maximum Gasteiger partial charge on any atom is 0.248 e. The van der Waals surface area contributed by atoms with Crippen molar-refractivity contribution in [2.24, 2.45) is 5.73 Å². The molecule has 0 spiro atoms. The van der Waals surface area contributed by atoms with Crippen molar-refractivity contribution in [1.82, 2.24) is 0 Å². The van der Waals surface area contributed by atoms with E-state index in [9.17, 15) is 9.90 Å². The van der Waals surface area contributed by atoms with E-state index in [-0.39, 0.29) is 5.75 Å². The SMILES string of the molecule is NC(=O)c1ccc(Cl)cc1Cc1ccc(O)cc1. The summed E-state index contributed by atoms with van der Waals surface area (Å²) < 4.78 is 0. The number of nitrogens with two attached hydrogens (primary N) is 1. The zero-order valence-corrected chi connectivity index (χ0v) is 10.3. The topological polar surface area (TPSA) is 63.3 Å². The van der Waals surface area contributed by atoms with E-state index in [1.807, 2.05) is 0 Å². The maximum atomic E-state index is 11.3. The van der Waals surface area contributed by atoms with Crippen LogP contribution in [-0.4, -0.2) is 11.0 Å². The second kappa shape index (κ2) is 5.10. The lowest BCUT2D eigenvalue weighted by atomic mass is 9.99. The summed E-state index contributed by atoms with van der Waals surface area (Å²) in [6.45, 7) is 0. The van der Waals surface area contributed by atoms with Gasteiger partial charge in [0.05, 0.1) is 0 Å². The van der Waals surface area contributed by atoms with Crippen LogP contribution in [0.4, 0.5) is 0 Å². The van der Waals surface area contributed by atoms with Crippen molar-refractivity contribution in [3.63, 3.8) is 0 Å². The first-order chi connectivity index (χ1) is 8.56. The molecule has 0 fully saturated rings. The lowest BCUT2D eigenvalue weighted by molar-refractivity contribution is 0.0999. The van der Waals surface area contributed by atoms with Crippen LogP contribution in [0.5, 0.6) is 5.75 Å². The van der Waals surface area contributed by atoms with E-state index in [1.165, 1.54) is 0 Å². The largest absolute Gasteiger partial charge is 0.508 e. The molecule has 0 heterocycles. The molecule has 0 bridgehead atoms. The minimum absolute atomic E-state index is 0.208. The van der Waals surface area contributed by atoms with Gasteiger partial charge in [0.1, 0.15) is 5.75 Å². The number of halogens is 1. The van der Waals surface area contributed by atoms with E-state index >= 15 is 0 Å². The van der Waals surface area contributed by atoms with Gasteiger partial charge in [-0.15, -0.1) is 0 Å². The molecule has 0 saturated heterocycles. The van der Waals surface area contributed by atoms with Gasteiger partial charge in [0.2, 0.25) is 5.91 Å². The molecule has 2 aromatic carbocycles. The summed E-state index contributed by atoms with van der Waals surface area (Å²) in [7, 11) is 0. The van der Waals surface area contributed by atoms with E-state index in [1.54, 1.807) is 42.5 Å². The first-order valence-corrected chi connectivity index (χ1v) is 5.80. The second-order valence-electron chi connectivity index (χ2n) is 4.01. The summed E-state index contributed by atoms with van der Waals surface area (Å²) in [5, 5.41) is 9.78. The van der Waals surface area contributed by atoms with Crippen molar-refractivity contribution in [2.45, 2.75) is 6.42 Å². The summed E-state index contributed by atoms with van der Waals surface area (Å²) in [4.78, 5) is 11.3. The minimum atomic E-state index is -0.472. The van der Waals surface area contributed by atoms with Gasteiger partial charge >= 0.3 is 0 Å². The molecule has 0 aromatic heterocycles. The van der Waals surface area contributed by atoms with Gasteiger partial charge in [0, 0.05) is 10.6 Å². The van der Waals surface area contributed by atoms with Crippen molar-refractivity contribution >= 4 is 17.5 Å². The van der Waals surface area contributed by atoms with Crippen molar-refractivity contribution in [2.75, 3.05) is 0 Å². The van der Waals surface area contributed by atoms with Gasteiger partial charge in [0.15, 0.2) is 0 Å². The van der Waals surface area contributed by atoms with Crippen LogP contribution in [0, 0.1) is 0 Å². The van der Waals surface area contributed by atoms with Crippen molar-refractivity contribution in [3.8, 4) is 5.75 Å². The number of phenols is 1. The van der Waals surface area contributed by atoms with Crippen molar-refractivity contribution in [3.05, 3.63) is 64.2 Å². The second-order valence-corrected chi connectivity index (χ2v) is 4.45. The monoisotopic (exact) mass is 261 g/mol. The fraction of sp³-hybridized carbons (Fsp3) is 0.0714. The lowest BCUT2D eigenvalue weighted by Gasteiger charge is -2.07. The van der Waals surface area contributed by atoms with Crippen LogP contribution in [0.15, 0.2) is 42.5 Å². The molecule has 1 amide bonds. The van der Waals surface area contributed by atoms with E-state index in [0.717, 1.165) is 11.1 Å². The highest BCUT2D eigenvalue weighted by Gasteiger charge is 2.09. The highest BCUT2D eigenvalue weighted by atomic mass is 35.5. The molecule has 0 unspecified atom stereocenters. The fourth-order valence-electron chi connectivity index (χ4n) is 1.78. The van der Waals surface area contributed by atoms with Gasteiger partial charge in [-0.05, 0) is 47.9 Å². The van der Waals surface area contributed by atoms with Crippen LogP contribution in [0.2, 0.25) is 5.02 Å². The van der Waals surface area contributed by atoms with Crippen LogP contribution < -0.4 is 5.73 Å². The van der Waals surface area contributed by atoms with E-state index in [0.29, 0.717) is 17.0 Å². The third-order valence-corrected chi connectivity index (χ3v) is 2.90. The first kappa shape index (κ1) is 12.5. The number of carbonyl (C=O) groups excluding carboxylic acids is 1. The molecule has 4 heteroatoms. The Bertz CT molecular complexity index is 579. The standard InChI is InChI=1S/C14H12ClNO2/c15-11-3-6-13(14(16)18)10(8-11)7-9-1-4-12(17)5-2-9/h1-6,8,17H,7H2,(H2,16,18). The molecule has 18 heavy (non-hydrogen) atoms. The summed E-state index contributed by atoms with van der Waals surface area (Å²) in [6.07, 6.45) is 0.541. The van der Waals surface area contributed by atoms with Gasteiger partial charge in [-0.25, -0.2) is 0 Å². The van der Waals surface area contributed by atoms with E-state index in [2.05, 4.69) is 0 Å². The summed E-state index contributed by atoms with van der Waals surface area (Å²) in [5.41, 5.74) is 7.53. The number of phenolic OH excluding ortho intramolecular Hbond substituents is 1. The number of hydrogen-bond donors (Lipinski definition) is 2. The molecule has 3 N–H and O–H groups in total. The van der Waals surface area contributed by atoms with Crippen LogP contribution in [0.25, 0.3) is 0 Å². The predicted molar refractivity (Wildman–Crippen MR) is 70.9 cm³/mol. The number of rotatable bonds is 3. The van der Waals surface area contributed by atoms with E-state index in [4.69, 9.17) is 17.3 Å². The molecule has 0 aliphatic carbocycles. The molecule has 0 radical (unpaired) electrons. The zero-order chi connectivity index (χ0) is 13.1. The number of primary amides is 1. The average molecular weight is 262 g/mol. The summed E-state index contributed by atoms with van der Waals surface area (Å²) >= 11 is 5.92. The zero-order valence-electron chi connectivity index (χ0n) is 9.56. The average Bonchev–Trinajstić information content (AvgIpc) is 2.32. The van der Waals surface area contributed by atoms with E-state index < -0.39 is 5.91 Å². The smallest absolute Gasteiger partial charge is 0.248 e. The third kappa shape index (κ3) is 2.81. The summed E-state index contributed by atoms with van der Waals surface area (Å²) in [6, 6.07) is 11.8. The predicted octanol–water partition coefficient (Wildman–Crippen LogP) is 2.74. The van der Waals surface area contributed by atoms with Crippen molar-refractivity contribution in [1.29, 1.82) is 0 Å². The number of benzene rings is 2. The number of aromatic hydroxyl groups is 1. The van der Waals surface area contributed by atoms with Crippen LogP contribution in [0.3, 0.4) is 0 Å². The molecule has 0 aliphatic heterocycles. The molecule has 3 nitrogen and oxygen atoms in total. The number of amides is 1. The number of carbonyl (C=O) groups is 1. The molecule has 0 aliphatic rings. The van der Waals surface area contributed by atoms with Crippen LogP contribution in [0.1, 0.15) is 21.5 Å².